The number of hydrogen-bond donors (Lipinski definition) is 1. The molecule has 200 valence electrons. The lowest BCUT2D eigenvalue weighted by Gasteiger charge is -2.28. The van der Waals surface area contributed by atoms with E-state index in [0.29, 0.717) is 29.0 Å². The van der Waals surface area contributed by atoms with Crippen molar-refractivity contribution in [2.24, 2.45) is 4.99 Å². The predicted octanol–water partition coefficient (Wildman–Crippen LogP) is 6.58. The molecule has 1 N–H and O–H groups in total. The van der Waals surface area contributed by atoms with Gasteiger partial charge in [0.2, 0.25) is 0 Å². The third kappa shape index (κ3) is 6.52. The minimum atomic E-state index is -0.951. The number of aromatic carboxylic acids is 1. The number of rotatable bonds is 8. The maximum absolute atomic E-state index is 13.1. The molecule has 0 atom stereocenters. The Balaban J connectivity index is 1.23. The van der Waals surface area contributed by atoms with Crippen LogP contribution in [0.5, 0.6) is 5.75 Å². The molecule has 2 fully saturated rings. The molecule has 0 saturated carbocycles. The topological polar surface area (TPSA) is 82.4 Å². The summed E-state index contributed by atoms with van der Waals surface area (Å²) in [4.78, 5) is 33.6. The summed E-state index contributed by atoms with van der Waals surface area (Å²) in [7, 11) is 0. The number of likely N-dealkylation sites (N-methyl/N-ethyl adjacent to an activating group) is 1. The zero-order valence-corrected chi connectivity index (χ0v) is 22.7. The van der Waals surface area contributed by atoms with Crippen molar-refractivity contribution in [3.63, 3.8) is 0 Å². The fraction of sp³-hybridized carbons (Fsp3) is 0.258. The normalized spacial score (nSPS) is 17.7. The van der Waals surface area contributed by atoms with E-state index in [9.17, 15) is 9.59 Å². The van der Waals surface area contributed by atoms with Gasteiger partial charge in [-0.1, -0.05) is 24.3 Å². The summed E-state index contributed by atoms with van der Waals surface area (Å²) in [6.07, 6.45) is 5.67. The molecular formula is C31H31N3O4S. The second kappa shape index (κ2) is 12.2. The Morgan fingerprint density at radius 1 is 0.974 bits per heavy atom. The molecule has 0 spiro atoms. The fourth-order valence-corrected chi connectivity index (χ4v) is 5.66. The van der Waals surface area contributed by atoms with Crippen molar-refractivity contribution in [2.45, 2.75) is 32.8 Å². The van der Waals surface area contributed by atoms with Crippen LogP contribution >= 0.6 is 11.8 Å². The first-order valence-corrected chi connectivity index (χ1v) is 14.0. The van der Waals surface area contributed by atoms with Gasteiger partial charge in [0.15, 0.2) is 5.17 Å². The highest BCUT2D eigenvalue weighted by Crippen LogP contribution is 2.34. The van der Waals surface area contributed by atoms with Crippen molar-refractivity contribution in [1.82, 2.24) is 4.90 Å². The van der Waals surface area contributed by atoms with Crippen molar-refractivity contribution < 1.29 is 19.4 Å². The highest BCUT2D eigenvalue weighted by molar-refractivity contribution is 8.18. The van der Waals surface area contributed by atoms with Crippen LogP contribution in [0, 0.1) is 0 Å². The van der Waals surface area contributed by atoms with Gasteiger partial charge in [-0.2, -0.15) is 0 Å². The van der Waals surface area contributed by atoms with Crippen LogP contribution in [0.4, 0.5) is 11.4 Å². The van der Waals surface area contributed by atoms with Gasteiger partial charge in [0.05, 0.1) is 16.2 Å². The first-order chi connectivity index (χ1) is 19.0. The van der Waals surface area contributed by atoms with E-state index in [4.69, 9.17) is 14.8 Å². The maximum Gasteiger partial charge on any atom is 0.335 e. The molecule has 7 nitrogen and oxygen atoms in total. The van der Waals surface area contributed by atoms with Gasteiger partial charge in [-0.15, -0.1) is 0 Å². The number of carbonyl (C=O) groups excluding carboxylic acids is 1. The molecule has 0 unspecified atom stereocenters. The van der Waals surface area contributed by atoms with E-state index in [0.717, 1.165) is 29.9 Å². The van der Waals surface area contributed by atoms with E-state index < -0.39 is 5.97 Å². The van der Waals surface area contributed by atoms with Gasteiger partial charge < -0.3 is 14.7 Å². The monoisotopic (exact) mass is 541 g/mol. The number of amides is 1. The molecule has 3 aromatic carbocycles. The van der Waals surface area contributed by atoms with E-state index >= 15 is 0 Å². The van der Waals surface area contributed by atoms with E-state index in [1.165, 1.54) is 36.7 Å². The number of carboxylic acids is 1. The molecule has 3 aromatic rings. The summed E-state index contributed by atoms with van der Waals surface area (Å²) >= 11 is 1.39. The number of anilines is 1. The third-order valence-corrected chi connectivity index (χ3v) is 7.79. The number of carbonyl (C=O) groups is 2. The Hall–Kier alpha value is -4.04. The summed E-state index contributed by atoms with van der Waals surface area (Å²) in [5.41, 5.74) is 4.09. The van der Waals surface area contributed by atoms with E-state index in [2.05, 4.69) is 17.0 Å². The predicted molar refractivity (Wildman–Crippen MR) is 157 cm³/mol. The molecular weight excluding hydrogens is 510 g/mol. The molecule has 2 saturated heterocycles. The van der Waals surface area contributed by atoms with Crippen LogP contribution in [0.3, 0.4) is 0 Å². The van der Waals surface area contributed by atoms with Gasteiger partial charge in [-0.25, -0.2) is 9.79 Å². The zero-order chi connectivity index (χ0) is 27.2. The molecule has 2 aliphatic rings. The standard InChI is InChI=1S/C31H31N3O4S/c1-2-34-29(35)28(39-31(34)32-25-12-14-26(15-13-25)33-18-4-3-5-19-33)20-22-8-16-27(17-9-22)38-21-23-6-10-24(11-7-23)30(36)37/h6-17,20H,2-5,18-19,21H2,1H3,(H,36,37)/b28-20-,32-31?. The van der Waals surface area contributed by atoms with Crippen molar-refractivity contribution in [3.8, 4) is 5.75 Å². The van der Waals surface area contributed by atoms with Gasteiger partial charge >= 0.3 is 5.97 Å². The number of ether oxygens (including phenoxy) is 1. The zero-order valence-electron chi connectivity index (χ0n) is 21.9. The lowest BCUT2D eigenvalue weighted by molar-refractivity contribution is -0.122. The second-order valence-corrected chi connectivity index (χ2v) is 10.5. The van der Waals surface area contributed by atoms with E-state index in [-0.39, 0.29) is 11.5 Å². The van der Waals surface area contributed by atoms with Crippen molar-refractivity contribution >= 4 is 46.3 Å². The van der Waals surface area contributed by atoms with Gasteiger partial charge in [0.25, 0.3) is 5.91 Å². The van der Waals surface area contributed by atoms with Gasteiger partial charge in [0.1, 0.15) is 12.4 Å². The SMILES string of the molecule is CCN1C(=O)/C(=C/c2ccc(OCc3ccc(C(=O)O)cc3)cc2)SC1=Nc1ccc(N2CCCCC2)cc1. The van der Waals surface area contributed by atoms with Gasteiger partial charge in [-0.05, 0) is 104 Å². The minimum Gasteiger partial charge on any atom is -0.489 e. The van der Waals surface area contributed by atoms with E-state index in [1.807, 2.05) is 49.4 Å². The lowest BCUT2D eigenvalue weighted by Crippen LogP contribution is -2.29. The summed E-state index contributed by atoms with van der Waals surface area (Å²) in [5, 5.41) is 9.71. The Morgan fingerprint density at radius 2 is 1.67 bits per heavy atom. The molecule has 0 radical (unpaired) electrons. The Labute approximate surface area is 232 Å². The Bertz CT molecular complexity index is 1380. The Morgan fingerprint density at radius 3 is 2.31 bits per heavy atom. The van der Waals surface area contributed by atoms with Crippen LogP contribution in [-0.2, 0) is 11.4 Å². The third-order valence-electron chi connectivity index (χ3n) is 6.78. The molecule has 0 aliphatic carbocycles. The molecule has 39 heavy (non-hydrogen) atoms. The smallest absolute Gasteiger partial charge is 0.335 e. The number of amidine groups is 1. The Kier molecular flexibility index (Phi) is 8.32. The molecule has 1 amide bonds. The van der Waals surface area contributed by atoms with Crippen molar-refractivity contribution in [1.29, 1.82) is 0 Å². The van der Waals surface area contributed by atoms with Crippen LogP contribution in [0.2, 0.25) is 0 Å². The average molecular weight is 542 g/mol. The fourth-order valence-electron chi connectivity index (χ4n) is 4.59. The molecule has 0 aromatic heterocycles. The number of piperidine rings is 1. The molecule has 2 heterocycles. The molecule has 2 aliphatic heterocycles. The largest absolute Gasteiger partial charge is 0.489 e. The number of hydrogen-bond acceptors (Lipinski definition) is 6. The van der Waals surface area contributed by atoms with Crippen LogP contribution < -0.4 is 9.64 Å². The first kappa shape index (κ1) is 26.6. The van der Waals surface area contributed by atoms with Gasteiger partial charge in [0, 0.05) is 25.3 Å². The number of nitrogens with zero attached hydrogens (tertiary/aromatic N) is 3. The number of aliphatic imine (C=N–C) groups is 1. The first-order valence-electron chi connectivity index (χ1n) is 13.2. The van der Waals surface area contributed by atoms with Crippen LogP contribution in [0.25, 0.3) is 6.08 Å². The van der Waals surface area contributed by atoms with Gasteiger partial charge in [-0.3, -0.25) is 9.69 Å². The van der Waals surface area contributed by atoms with Crippen LogP contribution in [-0.4, -0.2) is 46.7 Å². The average Bonchev–Trinajstić information content (AvgIpc) is 3.26. The highest BCUT2D eigenvalue weighted by atomic mass is 32.2. The van der Waals surface area contributed by atoms with Crippen LogP contribution in [0.15, 0.2) is 82.7 Å². The van der Waals surface area contributed by atoms with E-state index in [1.54, 1.807) is 29.2 Å². The number of thioether (sulfide) groups is 1. The molecule has 5 rings (SSSR count). The minimum absolute atomic E-state index is 0.0451. The second-order valence-electron chi connectivity index (χ2n) is 9.48. The summed E-state index contributed by atoms with van der Waals surface area (Å²) in [6.45, 7) is 5.04. The lowest BCUT2D eigenvalue weighted by atomic mass is 10.1. The molecule has 0 bridgehead atoms. The summed E-state index contributed by atoms with van der Waals surface area (Å²) in [6, 6.07) is 22.4. The number of carboxylic acid groups (broad SMARTS) is 1. The maximum atomic E-state index is 13.1. The number of benzene rings is 3. The quantitative estimate of drug-likeness (QED) is 0.325. The summed E-state index contributed by atoms with van der Waals surface area (Å²) < 4.78 is 5.83. The van der Waals surface area contributed by atoms with Crippen LogP contribution in [0.1, 0.15) is 47.7 Å². The highest BCUT2D eigenvalue weighted by Gasteiger charge is 2.32. The summed E-state index contributed by atoms with van der Waals surface area (Å²) in [5.74, 6) is -0.306. The van der Waals surface area contributed by atoms with Crippen molar-refractivity contribution in [3.05, 3.63) is 94.4 Å². The van der Waals surface area contributed by atoms with Crippen molar-refractivity contribution in [2.75, 3.05) is 24.5 Å². The molecule has 8 heteroatoms.